The molecule has 1 aliphatic rings. The first-order valence-electron chi connectivity index (χ1n) is 13.4. The van der Waals surface area contributed by atoms with Crippen LogP contribution in [-0.2, 0) is 6.42 Å². The molecule has 0 radical (unpaired) electrons. The Morgan fingerprint density at radius 2 is 1.76 bits per heavy atom. The summed E-state index contributed by atoms with van der Waals surface area (Å²) in [6.45, 7) is 7.69. The smallest absolute Gasteiger partial charge is 0.255 e. The lowest BCUT2D eigenvalue weighted by Crippen LogP contribution is -2.43. The quantitative estimate of drug-likeness (QED) is 0.268. The number of fused-ring (bicyclic) bond motifs is 1. The highest BCUT2D eigenvalue weighted by Gasteiger charge is 2.20. The Morgan fingerprint density at radius 1 is 1.03 bits per heavy atom. The number of aromatic amines is 1. The lowest BCUT2D eigenvalue weighted by Gasteiger charge is -2.29. The average molecular weight is 513 g/mol. The van der Waals surface area contributed by atoms with Crippen molar-refractivity contribution in [3.8, 4) is 16.9 Å². The summed E-state index contributed by atoms with van der Waals surface area (Å²) in [5.74, 6) is 0.265. The van der Waals surface area contributed by atoms with E-state index in [4.69, 9.17) is 4.74 Å². The second-order valence-corrected chi connectivity index (χ2v) is 10.1. The number of hydrogen-bond donors (Lipinski definition) is 4. The summed E-state index contributed by atoms with van der Waals surface area (Å²) in [5, 5.41) is 17.6. The van der Waals surface area contributed by atoms with Crippen molar-refractivity contribution in [2.75, 3.05) is 37.7 Å². The molecule has 198 valence electrons. The Balaban J connectivity index is 1.37. The van der Waals surface area contributed by atoms with Crippen LogP contribution >= 0.6 is 0 Å². The molecular weight excluding hydrogens is 476 g/mol. The number of anilines is 1. The maximum atomic E-state index is 13.5. The molecule has 1 atom stereocenters. The summed E-state index contributed by atoms with van der Waals surface area (Å²) in [5.41, 5.74) is 5.73. The molecule has 0 aliphatic carbocycles. The molecule has 1 fully saturated rings. The summed E-state index contributed by atoms with van der Waals surface area (Å²) >= 11 is 0. The Bertz CT molecular complexity index is 1370. The summed E-state index contributed by atoms with van der Waals surface area (Å²) in [4.78, 5) is 19.2. The summed E-state index contributed by atoms with van der Waals surface area (Å²) < 4.78 is 5.99. The van der Waals surface area contributed by atoms with Gasteiger partial charge in [0, 0.05) is 49.0 Å². The largest absolute Gasteiger partial charge is 0.490 e. The number of carbonyl (C=O) groups is 1. The van der Waals surface area contributed by atoms with Crippen molar-refractivity contribution in [1.82, 2.24) is 15.6 Å². The number of carbonyl (C=O) groups excluding carboxylic acids is 1. The molecule has 0 unspecified atom stereocenters. The molecule has 4 aromatic rings. The molecule has 1 aliphatic heterocycles. The lowest BCUT2D eigenvalue weighted by atomic mass is 10.0. The molecule has 2 heterocycles. The molecule has 38 heavy (non-hydrogen) atoms. The number of piperazine rings is 1. The first-order chi connectivity index (χ1) is 18.5. The third kappa shape index (κ3) is 5.85. The standard InChI is InChI=1S/C31H36N4O3/c1-21(2)38-30-12-9-23(22-7-10-26(11-8-22)35-15-13-32-14-16-35)18-28(30)31(37)34-25(20-36)17-24-19-33-29-6-4-3-5-27(24)29/h3-12,18-19,21,25,32-33,36H,13-17,20H2,1-2H3,(H,34,37)/t25-/m1/s1. The number of ether oxygens (including phenoxy) is 1. The number of amides is 1. The van der Waals surface area contributed by atoms with Gasteiger partial charge in [0.05, 0.1) is 24.3 Å². The van der Waals surface area contributed by atoms with Crippen LogP contribution in [0, 0.1) is 0 Å². The maximum Gasteiger partial charge on any atom is 0.255 e. The number of rotatable bonds is 9. The minimum absolute atomic E-state index is 0.0782. The predicted octanol–water partition coefficient (Wildman–Crippen LogP) is 4.37. The number of H-pyrrole nitrogens is 1. The average Bonchev–Trinajstić information content (AvgIpc) is 3.36. The number of hydrogen-bond acceptors (Lipinski definition) is 5. The summed E-state index contributed by atoms with van der Waals surface area (Å²) in [6.07, 6.45) is 2.38. The molecule has 1 amide bonds. The van der Waals surface area contributed by atoms with Gasteiger partial charge in [-0.25, -0.2) is 0 Å². The van der Waals surface area contributed by atoms with E-state index in [-0.39, 0.29) is 18.6 Å². The molecule has 4 N–H and O–H groups in total. The monoisotopic (exact) mass is 512 g/mol. The first-order valence-corrected chi connectivity index (χ1v) is 13.4. The van der Waals surface area contributed by atoms with Crippen LogP contribution in [0.4, 0.5) is 5.69 Å². The fraction of sp³-hybridized carbons (Fsp3) is 0.323. The van der Waals surface area contributed by atoms with E-state index in [0.717, 1.165) is 53.8 Å². The van der Waals surface area contributed by atoms with E-state index in [1.807, 2.05) is 62.5 Å². The van der Waals surface area contributed by atoms with E-state index in [9.17, 15) is 9.90 Å². The van der Waals surface area contributed by atoms with Gasteiger partial charge in [0.25, 0.3) is 5.91 Å². The second kappa shape index (κ2) is 11.7. The van der Waals surface area contributed by atoms with Crippen molar-refractivity contribution in [3.63, 3.8) is 0 Å². The van der Waals surface area contributed by atoms with Crippen LogP contribution in [0.2, 0.25) is 0 Å². The van der Waals surface area contributed by atoms with E-state index >= 15 is 0 Å². The van der Waals surface area contributed by atoms with Crippen LogP contribution in [0.5, 0.6) is 5.75 Å². The highest BCUT2D eigenvalue weighted by Crippen LogP contribution is 2.29. The van der Waals surface area contributed by atoms with Crippen molar-refractivity contribution in [2.45, 2.75) is 32.4 Å². The van der Waals surface area contributed by atoms with Gasteiger partial charge in [-0.05, 0) is 67.3 Å². The van der Waals surface area contributed by atoms with E-state index < -0.39 is 6.04 Å². The fourth-order valence-corrected chi connectivity index (χ4v) is 5.02. The highest BCUT2D eigenvalue weighted by molar-refractivity contribution is 5.98. The molecule has 0 saturated carbocycles. The minimum atomic E-state index is -0.435. The van der Waals surface area contributed by atoms with Gasteiger partial charge < -0.3 is 30.4 Å². The zero-order valence-corrected chi connectivity index (χ0v) is 22.0. The van der Waals surface area contributed by atoms with E-state index in [1.54, 1.807) is 0 Å². The molecule has 0 spiro atoms. The van der Waals surface area contributed by atoms with Crippen LogP contribution in [0.3, 0.4) is 0 Å². The number of para-hydroxylation sites is 1. The summed E-state index contributed by atoms with van der Waals surface area (Å²) in [7, 11) is 0. The van der Waals surface area contributed by atoms with E-state index in [1.165, 1.54) is 5.69 Å². The van der Waals surface area contributed by atoms with Gasteiger partial charge in [0.15, 0.2) is 0 Å². The number of nitrogens with one attached hydrogen (secondary N) is 3. The zero-order valence-electron chi connectivity index (χ0n) is 22.0. The van der Waals surface area contributed by atoms with Gasteiger partial charge >= 0.3 is 0 Å². The molecular formula is C31H36N4O3. The zero-order chi connectivity index (χ0) is 26.5. The van der Waals surface area contributed by atoms with Gasteiger partial charge in [-0.1, -0.05) is 36.4 Å². The van der Waals surface area contributed by atoms with Crippen LogP contribution < -0.4 is 20.3 Å². The number of nitrogens with zero attached hydrogens (tertiary/aromatic N) is 1. The number of benzene rings is 3. The lowest BCUT2D eigenvalue weighted by molar-refractivity contribution is 0.0910. The SMILES string of the molecule is CC(C)Oc1ccc(-c2ccc(N3CCNCC3)cc2)cc1C(=O)N[C@@H](CO)Cc1c[nH]c2ccccc12. The van der Waals surface area contributed by atoms with E-state index in [0.29, 0.717) is 17.7 Å². The number of aliphatic hydroxyl groups is 1. The topological polar surface area (TPSA) is 89.6 Å². The van der Waals surface area contributed by atoms with Crippen molar-refractivity contribution in [1.29, 1.82) is 0 Å². The molecule has 1 saturated heterocycles. The highest BCUT2D eigenvalue weighted by atomic mass is 16.5. The normalized spacial score (nSPS) is 14.6. The molecule has 3 aromatic carbocycles. The van der Waals surface area contributed by atoms with Gasteiger partial charge in [0.2, 0.25) is 0 Å². The van der Waals surface area contributed by atoms with Gasteiger partial charge in [-0.2, -0.15) is 0 Å². The van der Waals surface area contributed by atoms with Crippen LogP contribution in [0.25, 0.3) is 22.0 Å². The van der Waals surface area contributed by atoms with Crippen LogP contribution in [0.1, 0.15) is 29.8 Å². The molecule has 1 aromatic heterocycles. The van der Waals surface area contributed by atoms with Gasteiger partial charge in [-0.15, -0.1) is 0 Å². The number of aliphatic hydroxyl groups excluding tert-OH is 1. The Kier molecular flexibility index (Phi) is 7.96. The first kappa shape index (κ1) is 25.8. The molecule has 0 bridgehead atoms. The van der Waals surface area contributed by atoms with Crippen molar-refractivity contribution in [3.05, 3.63) is 84.1 Å². The van der Waals surface area contributed by atoms with Gasteiger partial charge in [-0.3, -0.25) is 4.79 Å². The number of aromatic nitrogens is 1. The van der Waals surface area contributed by atoms with Gasteiger partial charge in [0.1, 0.15) is 5.75 Å². The Hall–Kier alpha value is -3.81. The third-order valence-corrected chi connectivity index (χ3v) is 6.97. The van der Waals surface area contributed by atoms with Crippen LogP contribution in [-0.4, -0.2) is 60.9 Å². The molecule has 5 rings (SSSR count). The predicted molar refractivity (Wildman–Crippen MR) is 153 cm³/mol. The molecule has 7 nitrogen and oxygen atoms in total. The Labute approximate surface area is 223 Å². The van der Waals surface area contributed by atoms with Crippen molar-refractivity contribution in [2.24, 2.45) is 0 Å². The van der Waals surface area contributed by atoms with E-state index in [2.05, 4.69) is 44.8 Å². The van der Waals surface area contributed by atoms with Crippen molar-refractivity contribution >= 4 is 22.5 Å². The molecule has 7 heteroatoms. The maximum absolute atomic E-state index is 13.5. The Morgan fingerprint density at radius 3 is 2.50 bits per heavy atom. The van der Waals surface area contributed by atoms with Crippen molar-refractivity contribution < 1.29 is 14.6 Å². The third-order valence-electron chi connectivity index (χ3n) is 6.97. The van der Waals surface area contributed by atoms with Crippen LogP contribution in [0.15, 0.2) is 72.9 Å². The fourth-order valence-electron chi connectivity index (χ4n) is 5.02. The summed E-state index contributed by atoms with van der Waals surface area (Å²) in [6, 6.07) is 21.8. The second-order valence-electron chi connectivity index (χ2n) is 10.1. The minimum Gasteiger partial charge on any atom is -0.490 e.